The van der Waals surface area contributed by atoms with Crippen molar-refractivity contribution in [1.82, 2.24) is 5.32 Å². The van der Waals surface area contributed by atoms with Gasteiger partial charge in [0.2, 0.25) is 5.91 Å². The first kappa shape index (κ1) is 22.8. The van der Waals surface area contributed by atoms with Gasteiger partial charge in [-0.1, -0.05) is 18.2 Å². The molecule has 1 unspecified atom stereocenters. The Morgan fingerprint density at radius 2 is 1.60 bits per heavy atom. The van der Waals surface area contributed by atoms with Gasteiger partial charge in [0.05, 0.1) is 12.1 Å². The molecule has 0 saturated heterocycles. The van der Waals surface area contributed by atoms with Crippen LogP contribution in [-0.2, 0) is 14.3 Å². The van der Waals surface area contributed by atoms with Gasteiger partial charge >= 0.3 is 12.6 Å². The van der Waals surface area contributed by atoms with E-state index in [4.69, 9.17) is 4.74 Å². The van der Waals surface area contributed by atoms with Crippen LogP contribution in [0.25, 0.3) is 0 Å². The number of nitrogens with one attached hydrogen (secondary N) is 2. The van der Waals surface area contributed by atoms with E-state index < -0.39 is 30.5 Å². The van der Waals surface area contributed by atoms with Crippen molar-refractivity contribution >= 4 is 23.5 Å². The van der Waals surface area contributed by atoms with Crippen LogP contribution in [0, 0.1) is 13.8 Å². The minimum Gasteiger partial charge on any atom is -0.449 e. The molecule has 0 saturated carbocycles. The lowest BCUT2D eigenvalue weighted by molar-refractivity contribution is -0.130. The molecule has 2 N–H and O–H groups in total. The smallest absolute Gasteiger partial charge is 0.387 e. The lowest BCUT2D eigenvalue weighted by Crippen LogP contribution is -2.40. The molecule has 1 atom stereocenters. The number of aryl methyl sites for hydroxylation is 2. The zero-order chi connectivity index (χ0) is 22.3. The van der Waals surface area contributed by atoms with Crippen molar-refractivity contribution < 1.29 is 32.6 Å². The van der Waals surface area contributed by atoms with E-state index in [1.165, 1.54) is 31.2 Å². The van der Waals surface area contributed by atoms with Crippen LogP contribution in [0.1, 0.15) is 28.4 Å². The highest BCUT2D eigenvalue weighted by Crippen LogP contribution is 2.19. The number of esters is 1. The Labute approximate surface area is 172 Å². The van der Waals surface area contributed by atoms with Crippen LogP contribution in [0.4, 0.5) is 14.5 Å². The predicted octanol–water partition coefficient (Wildman–Crippen LogP) is 3.21. The number of para-hydroxylation sites is 1. The summed E-state index contributed by atoms with van der Waals surface area (Å²) in [6.45, 7) is 1.79. The fourth-order valence-electron chi connectivity index (χ4n) is 2.56. The van der Waals surface area contributed by atoms with Crippen LogP contribution >= 0.6 is 0 Å². The molecule has 0 heterocycles. The Bertz CT molecular complexity index is 896. The van der Waals surface area contributed by atoms with E-state index in [0.717, 1.165) is 11.1 Å². The van der Waals surface area contributed by atoms with Crippen molar-refractivity contribution in [3.63, 3.8) is 0 Å². The van der Waals surface area contributed by atoms with Gasteiger partial charge in [0, 0.05) is 5.69 Å². The summed E-state index contributed by atoms with van der Waals surface area (Å²) >= 11 is 0. The molecule has 0 spiro atoms. The Hall–Kier alpha value is -3.49. The first-order valence-electron chi connectivity index (χ1n) is 9.07. The first-order valence-corrected chi connectivity index (χ1v) is 9.07. The number of rotatable bonds is 8. The molecule has 0 aliphatic rings. The molecule has 2 rings (SSSR count). The average molecular weight is 420 g/mol. The lowest BCUT2D eigenvalue weighted by Gasteiger charge is -2.15. The summed E-state index contributed by atoms with van der Waals surface area (Å²) in [5.41, 5.74) is 2.52. The Morgan fingerprint density at radius 3 is 2.17 bits per heavy atom. The molecule has 0 bridgehead atoms. The average Bonchev–Trinajstić information content (AvgIpc) is 2.69. The number of ether oxygens (including phenoxy) is 2. The highest BCUT2D eigenvalue weighted by atomic mass is 19.3. The van der Waals surface area contributed by atoms with Crippen LogP contribution in [0.5, 0.6) is 5.75 Å². The highest BCUT2D eigenvalue weighted by Gasteiger charge is 2.20. The molecule has 0 aliphatic heterocycles. The fourth-order valence-corrected chi connectivity index (χ4v) is 2.56. The van der Waals surface area contributed by atoms with E-state index >= 15 is 0 Å². The van der Waals surface area contributed by atoms with Crippen LogP contribution in [0.2, 0.25) is 0 Å². The summed E-state index contributed by atoms with van der Waals surface area (Å²) in [7, 11) is 0. The van der Waals surface area contributed by atoms with Crippen LogP contribution in [-0.4, -0.2) is 37.0 Å². The summed E-state index contributed by atoms with van der Waals surface area (Å²) in [5, 5.41) is 5.13. The van der Waals surface area contributed by atoms with Crippen LogP contribution in [0.3, 0.4) is 0 Å². The van der Waals surface area contributed by atoms with Gasteiger partial charge in [-0.2, -0.15) is 8.78 Å². The Morgan fingerprint density at radius 1 is 1.00 bits per heavy atom. The van der Waals surface area contributed by atoms with E-state index in [2.05, 4.69) is 15.4 Å². The molecule has 0 aromatic heterocycles. The SMILES string of the molecule is Cc1cccc(C)c1NC(=O)CNC(=O)C(C)OC(=O)c1ccc(OC(F)F)cc1. The molecule has 0 fully saturated rings. The maximum absolute atomic E-state index is 12.1. The van der Waals surface area contributed by atoms with Gasteiger partial charge in [-0.3, -0.25) is 9.59 Å². The molecule has 2 aromatic carbocycles. The van der Waals surface area contributed by atoms with Crippen molar-refractivity contribution in [3.05, 3.63) is 59.2 Å². The number of halogens is 2. The van der Waals surface area contributed by atoms with E-state index in [1.807, 2.05) is 32.0 Å². The van der Waals surface area contributed by atoms with Crippen LogP contribution in [0.15, 0.2) is 42.5 Å². The standard InChI is InChI=1S/C21H22F2N2O5/c1-12-5-4-6-13(2)18(12)25-17(26)11-24-19(27)14(3)29-20(28)15-7-9-16(10-8-15)30-21(22)23/h4-10,14,21H,11H2,1-3H3,(H,24,27)(H,25,26). The van der Waals surface area contributed by atoms with Crippen molar-refractivity contribution in [2.45, 2.75) is 33.5 Å². The zero-order valence-electron chi connectivity index (χ0n) is 16.7. The number of carbonyl (C=O) groups excluding carboxylic acids is 3. The van der Waals surface area contributed by atoms with E-state index in [-0.39, 0.29) is 17.9 Å². The number of hydrogen-bond acceptors (Lipinski definition) is 5. The zero-order valence-corrected chi connectivity index (χ0v) is 16.7. The molecule has 7 nitrogen and oxygen atoms in total. The molecule has 0 radical (unpaired) electrons. The molecule has 160 valence electrons. The molecular weight excluding hydrogens is 398 g/mol. The summed E-state index contributed by atoms with van der Waals surface area (Å²) < 4.78 is 33.5. The van der Waals surface area contributed by atoms with Crippen molar-refractivity contribution in [3.8, 4) is 5.75 Å². The number of hydrogen-bond donors (Lipinski definition) is 2. The molecular formula is C21H22F2N2O5. The van der Waals surface area contributed by atoms with Crippen molar-refractivity contribution in [1.29, 1.82) is 0 Å². The second-order valence-corrected chi connectivity index (χ2v) is 6.48. The largest absolute Gasteiger partial charge is 0.449 e. The lowest BCUT2D eigenvalue weighted by atomic mass is 10.1. The predicted molar refractivity (Wildman–Crippen MR) is 106 cm³/mol. The van der Waals surface area contributed by atoms with Gasteiger partial charge in [0.15, 0.2) is 6.10 Å². The van der Waals surface area contributed by atoms with Gasteiger partial charge in [0.25, 0.3) is 5.91 Å². The van der Waals surface area contributed by atoms with Gasteiger partial charge in [0.1, 0.15) is 5.75 Å². The highest BCUT2D eigenvalue weighted by molar-refractivity contribution is 5.97. The minimum absolute atomic E-state index is 0.0593. The van der Waals surface area contributed by atoms with E-state index in [1.54, 1.807) is 0 Å². The molecule has 0 aliphatic carbocycles. The van der Waals surface area contributed by atoms with Crippen molar-refractivity contribution in [2.24, 2.45) is 0 Å². The van der Waals surface area contributed by atoms with Gasteiger partial charge in [-0.15, -0.1) is 0 Å². The molecule has 2 aromatic rings. The van der Waals surface area contributed by atoms with E-state index in [0.29, 0.717) is 5.69 Å². The summed E-state index contributed by atoms with van der Waals surface area (Å²) in [6, 6.07) is 10.4. The van der Waals surface area contributed by atoms with Crippen molar-refractivity contribution in [2.75, 3.05) is 11.9 Å². The first-order chi connectivity index (χ1) is 14.2. The van der Waals surface area contributed by atoms with Crippen LogP contribution < -0.4 is 15.4 Å². The number of carbonyl (C=O) groups is 3. The fraction of sp³-hybridized carbons (Fsp3) is 0.286. The Balaban J connectivity index is 1.84. The third kappa shape index (κ3) is 6.54. The maximum Gasteiger partial charge on any atom is 0.387 e. The second kappa shape index (κ2) is 10.3. The van der Waals surface area contributed by atoms with Gasteiger partial charge in [-0.25, -0.2) is 4.79 Å². The maximum atomic E-state index is 12.1. The normalized spacial score (nSPS) is 11.5. The summed E-state index contributed by atoms with van der Waals surface area (Å²) in [6.07, 6.45) is -1.16. The topological polar surface area (TPSA) is 93.7 Å². The second-order valence-electron chi connectivity index (χ2n) is 6.48. The minimum atomic E-state index is -2.97. The number of benzene rings is 2. The Kier molecular flexibility index (Phi) is 7.85. The number of anilines is 1. The quantitative estimate of drug-likeness (QED) is 0.640. The summed E-state index contributed by atoms with van der Waals surface area (Å²) in [4.78, 5) is 36.3. The third-order valence-electron chi connectivity index (χ3n) is 4.14. The monoisotopic (exact) mass is 420 g/mol. The van der Waals surface area contributed by atoms with Gasteiger partial charge < -0.3 is 20.1 Å². The number of amides is 2. The third-order valence-corrected chi connectivity index (χ3v) is 4.14. The van der Waals surface area contributed by atoms with Gasteiger partial charge in [-0.05, 0) is 56.2 Å². The summed E-state index contributed by atoms with van der Waals surface area (Å²) in [5.74, 6) is -2.00. The van der Waals surface area contributed by atoms with E-state index in [9.17, 15) is 23.2 Å². The molecule has 30 heavy (non-hydrogen) atoms. The molecule has 2 amide bonds. The number of alkyl halides is 2. The molecule has 9 heteroatoms.